The zero-order valence-electron chi connectivity index (χ0n) is 21.5. The molecule has 3 aromatic rings. The summed E-state index contributed by atoms with van der Waals surface area (Å²) < 4.78 is 25.1. The van der Waals surface area contributed by atoms with Crippen LogP contribution in [0.3, 0.4) is 0 Å². The highest BCUT2D eigenvalue weighted by Crippen LogP contribution is 2.28. The molecule has 1 heterocycles. The molecule has 9 nitrogen and oxygen atoms in total. The summed E-state index contributed by atoms with van der Waals surface area (Å²) in [7, 11) is -3.36. The Morgan fingerprint density at radius 1 is 1.00 bits per heavy atom. The molecular weight excluding hydrogens is 492 g/mol. The van der Waals surface area contributed by atoms with Crippen molar-refractivity contribution in [2.24, 2.45) is 17.4 Å². The van der Waals surface area contributed by atoms with E-state index in [9.17, 15) is 22.8 Å². The third-order valence-electron chi connectivity index (χ3n) is 6.18. The molecule has 0 aliphatic rings. The lowest BCUT2D eigenvalue weighted by molar-refractivity contribution is -0.122. The summed E-state index contributed by atoms with van der Waals surface area (Å²) in [4.78, 5) is 39.1. The minimum atomic E-state index is -3.36. The van der Waals surface area contributed by atoms with Gasteiger partial charge in [-0.3, -0.25) is 14.4 Å². The van der Waals surface area contributed by atoms with Gasteiger partial charge in [-0.1, -0.05) is 26.0 Å². The second-order valence-corrected chi connectivity index (χ2v) is 11.7. The summed E-state index contributed by atoms with van der Waals surface area (Å²) in [6.07, 6.45) is 1.20. The van der Waals surface area contributed by atoms with Gasteiger partial charge in [-0.2, -0.15) is 0 Å². The van der Waals surface area contributed by atoms with Crippen molar-refractivity contribution in [1.82, 2.24) is 4.57 Å². The van der Waals surface area contributed by atoms with E-state index in [2.05, 4.69) is 5.32 Å². The quantitative estimate of drug-likeness (QED) is 0.289. The number of carbonyl (C=O) groups excluding carboxylic acids is 3. The second kappa shape index (κ2) is 10.3. The normalized spacial score (nSPS) is 13.3. The molecule has 5 N–H and O–H groups in total. The second-order valence-electron chi connectivity index (χ2n) is 9.65. The Labute approximate surface area is 216 Å². The van der Waals surface area contributed by atoms with E-state index in [1.54, 1.807) is 48.7 Å². The largest absolute Gasteiger partial charge is 0.368 e. The van der Waals surface area contributed by atoms with E-state index < -0.39 is 33.0 Å². The number of aromatic nitrogens is 1. The van der Waals surface area contributed by atoms with Gasteiger partial charge in [-0.25, -0.2) is 8.42 Å². The maximum absolute atomic E-state index is 13.6. The van der Waals surface area contributed by atoms with Crippen molar-refractivity contribution in [1.29, 1.82) is 0 Å². The first-order valence-corrected chi connectivity index (χ1v) is 13.6. The van der Waals surface area contributed by atoms with Gasteiger partial charge >= 0.3 is 0 Å². The smallest absolute Gasteiger partial charge is 0.257 e. The van der Waals surface area contributed by atoms with E-state index in [1.165, 1.54) is 24.3 Å². The topological polar surface area (TPSA) is 154 Å². The highest BCUT2D eigenvalue weighted by atomic mass is 32.2. The van der Waals surface area contributed by atoms with Crippen LogP contribution in [0.25, 0.3) is 5.69 Å². The molecule has 2 amide bonds. The van der Waals surface area contributed by atoms with Crippen LogP contribution in [-0.4, -0.2) is 42.4 Å². The maximum atomic E-state index is 13.6. The number of nitrogens with zero attached hydrogens (tertiary/aromatic N) is 1. The first-order valence-electron chi connectivity index (χ1n) is 11.7. The summed E-state index contributed by atoms with van der Waals surface area (Å²) in [5.74, 6) is -1.94. The van der Waals surface area contributed by atoms with Crippen LogP contribution in [0.1, 0.15) is 52.4 Å². The molecule has 0 spiro atoms. The average Bonchev–Trinajstić information content (AvgIpc) is 3.11. The van der Waals surface area contributed by atoms with Crippen LogP contribution >= 0.6 is 0 Å². The fourth-order valence-electron chi connectivity index (χ4n) is 4.40. The predicted octanol–water partition coefficient (Wildman–Crippen LogP) is 3.16. The number of Topliss-reactive ketones (excluding diaryl/α,β-unsaturated/α-hetero) is 1. The van der Waals surface area contributed by atoms with Gasteiger partial charge in [-0.05, 0) is 68.7 Å². The van der Waals surface area contributed by atoms with E-state index in [1.807, 2.05) is 13.8 Å². The molecule has 0 saturated heterocycles. The molecule has 1 atom stereocenters. The summed E-state index contributed by atoms with van der Waals surface area (Å²) in [6.45, 7) is 7.24. The molecule has 0 saturated carbocycles. The van der Waals surface area contributed by atoms with Crippen molar-refractivity contribution in [2.45, 2.75) is 44.6 Å². The maximum Gasteiger partial charge on any atom is 0.257 e. The first kappa shape index (κ1) is 27.8. The van der Waals surface area contributed by atoms with Crippen LogP contribution < -0.4 is 16.8 Å². The van der Waals surface area contributed by atoms with Crippen molar-refractivity contribution in [3.8, 4) is 5.69 Å². The van der Waals surface area contributed by atoms with Crippen molar-refractivity contribution in [3.05, 3.63) is 77.1 Å². The number of rotatable bonds is 9. The lowest BCUT2D eigenvalue weighted by Crippen LogP contribution is -2.59. The molecule has 0 aliphatic heterocycles. The summed E-state index contributed by atoms with van der Waals surface area (Å²) in [6, 6.07) is 14.3. The molecule has 0 aliphatic carbocycles. The third kappa shape index (κ3) is 5.65. The van der Waals surface area contributed by atoms with Crippen molar-refractivity contribution in [3.63, 3.8) is 0 Å². The van der Waals surface area contributed by atoms with Crippen LogP contribution in [0.2, 0.25) is 0 Å². The van der Waals surface area contributed by atoms with E-state index in [0.717, 1.165) is 6.26 Å². The number of para-hydroxylation sites is 1. The van der Waals surface area contributed by atoms with Gasteiger partial charge in [-0.15, -0.1) is 0 Å². The number of anilines is 1. The fourth-order valence-corrected chi connectivity index (χ4v) is 5.03. The molecule has 3 rings (SSSR count). The molecule has 0 unspecified atom stereocenters. The van der Waals surface area contributed by atoms with Gasteiger partial charge in [0.15, 0.2) is 21.2 Å². The minimum Gasteiger partial charge on any atom is -0.368 e. The third-order valence-corrected chi connectivity index (χ3v) is 7.31. The molecule has 2 aromatic carbocycles. The van der Waals surface area contributed by atoms with Gasteiger partial charge in [0.05, 0.1) is 16.1 Å². The van der Waals surface area contributed by atoms with Crippen molar-refractivity contribution < 1.29 is 22.8 Å². The molecule has 0 bridgehead atoms. The van der Waals surface area contributed by atoms with Crippen molar-refractivity contribution >= 4 is 33.1 Å². The number of hydrogen-bond acceptors (Lipinski definition) is 6. The highest BCUT2D eigenvalue weighted by molar-refractivity contribution is 7.90. The fraction of sp³-hybridized carbons (Fsp3) is 0.296. The average molecular weight is 525 g/mol. The number of sulfone groups is 1. The first-order chi connectivity index (χ1) is 17.2. The van der Waals surface area contributed by atoms with E-state index in [4.69, 9.17) is 11.5 Å². The SMILES string of the molecule is Cc1cc(C(=O)Nc2ccc(S(C)(=O)=O)cc2)c(C)n1-c1ccccc1C(=O)[C@](N)(CC(C)C)C(N)=O. The zero-order chi connectivity index (χ0) is 27.7. The van der Waals surface area contributed by atoms with Crippen LogP contribution in [0, 0.1) is 19.8 Å². The Morgan fingerprint density at radius 3 is 2.14 bits per heavy atom. The molecule has 196 valence electrons. The standard InChI is InChI=1S/C27H32N4O5S/c1-16(2)15-27(29,26(28)34)24(32)21-8-6-7-9-23(21)31-17(3)14-22(18(31)4)25(33)30-19-10-12-20(13-11-19)37(5,35)36/h6-14,16H,15,29H2,1-5H3,(H2,28,34)(H,30,33)/t27-/m1/s1. The number of nitrogens with two attached hydrogens (primary N) is 2. The zero-order valence-corrected chi connectivity index (χ0v) is 22.3. The Hall–Kier alpha value is -3.76. The van der Waals surface area contributed by atoms with Crippen LogP contribution in [0.4, 0.5) is 5.69 Å². The van der Waals surface area contributed by atoms with Gasteiger partial charge < -0.3 is 21.4 Å². The minimum absolute atomic E-state index is 0.0505. The Kier molecular flexibility index (Phi) is 7.75. The lowest BCUT2D eigenvalue weighted by Gasteiger charge is -2.27. The van der Waals surface area contributed by atoms with Crippen molar-refractivity contribution in [2.75, 3.05) is 11.6 Å². The van der Waals surface area contributed by atoms with Crippen LogP contribution in [0.15, 0.2) is 59.5 Å². The van der Waals surface area contributed by atoms with E-state index >= 15 is 0 Å². The number of aryl methyl sites for hydroxylation is 1. The van der Waals surface area contributed by atoms with Crippen LogP contribution in [-0.2, 0) is 14.6 Å². The Balaban J connectivity index is 2.01. The number of benzene rings is 2. The number of carbonyl (C=O) groups is 3. The Morgan fingerprint density at radius 2 is 1.59 bits per heavy atom. The van der Waals surface area contributed by atoms with Gasteiger partial charge in [0, 0.05) is 28.9 Å². The monoisotopic (exact) mass is 524 g/mol. The Bertz CT molecular complexity index is 1470. The van der Waals surface area contributed by atoms with Crippen LogP contribution in [0.5, 0.6) is 0 Å². The van der Waals surface area contributed by atoms with Gasteiger partial charge in [0.1, 0.15) is 0 Å². The number of hydrogen-bond donors (Lipinski definition) is 3. The molecular formula is C27H32N4O5S. The summed E-state index contributed by atoms with van der Waals surface area (Å²) in [5.41, 5.74) is 12.7. The number of nitrogens with one attached hydrogen (secondary N) is 1. The highest BCUT2D eigenvalue weighted by Gasteiger charge is 2.42. The lowest BCUT2D eigenvalue weighted by atomic mass is 9.82. The molecule has 0 radical (unpaired) electrons. The number of primary amides is 1. The van der Waals surface area contributed by atoms with Gasteiger partial charge in [0.2, 0.25) is 5.91 Å². The molecule has 1 aromatic heterocycles. The summed E-state index contributed by atoms with van der Waals surface area (Å²) in [5, 5.41) is 2.77. The number of ketones is 1. The molecule has 37 heavy (non-hydrogen) atoms. The number of amides is 2. The van der Waals surface area contributed by atoms with E-state index in [-0.39, 0.29) is 22.8 Å². The predicted molar refractivity (Wildman–Crippen MR) is 143 cm³/mol. The molecule has 0 fully saturated rings. The van der Waals surface area contributed by atoms with E-state index in [0.29, 0.717) is 28.3 Å². The molecule has 10 heteroatoms. The van der Waals surface area contributed by atoms with Gasteiger partial charge in [0.25, 0.3) is 5.91 Å². The summed E-state index contributed by atoms with van der Waals surface area (Å²) >= 11 is 0.